The topological polar surface area (TPSA) is 72.5 Å². The zero-order valence-electron chi connectivity index (χ0n) is 17.0. The summed E-state index contributed by atoms with van der Waals surface area (Å²) in [5.41, 5.74) is 2.27. The van der Waals surface area contributed by atoms with Crippen molar-refractivity contribution in [1.82, 2.24) is 0 Å². The van der Waals surface area contributed by atoms with Crippen LogP contribution >= 0.6 is 11.3 Å². The zero-order valence-corrected chi connectivity index (χ0v) is 18.6. The average molecular weight is 441 g/mol. The van der Waals surface area contributed by atoms with Gasteiger partial charge in [0, 0.05) is 4.88 Å². The first kappa shape index (κ1) is 22.1. The third kappa shape index (κ3) is 4.92. The van der Waals surface area contributed by atoms with Crippen LogP contribution in [0.3, 0.4) is 0 Å². The number of amides is 1. The average Bonchev–Trinajstić information content (AvgIpc) is 3.36. The fraction of sp³-hybridized carbons (Fsp3) is 0.476. The second-order valence-corrected chi connectivity index (χ2v) is 11.2. The monoisotopic (exact) mass is 440 g/mol. The molecule has 1 heterocycles. The van der Waals surface area contributed by atoms with E-state index in [0.29, 0.717) is 4.88 Å². The van der Waals surface area contributed by atoms with Crippen LogP contribution in [-0.2, 0) is 21.1 Å². The van der Waals surface area contributed by atoms with Gasteiger partial charge in [-0.05, 0) is 65.5 Å². The van der Waals surface area contributed by atoms with Crippen LogP contribution in [0.25, 0.3) is 0 Å². The molecule has 1 saturated carbocycles. The summed E-state index contributed by atoms with van der Waals surface area (Å²) in [7, 11) is -3.69. The second-order valence-electron chi connectivity index (χ2n) is 8.16. The number of nitrogens with two attached hydrogens (primary N) is 1. The molecule has 0 radical (unpaired) electrons. The van der Waals surface area contributed by atoms with Gasteiger partial charge in [-0.15, -0.1) is 15.7 Å². The lowest BCUT2D eigenvalue weighted by Gasteiger charge is -2.17. The minimum absolute atomic E-state index is 0.0107. The van der Waals surface area contributed by atoms with Crippen molar-refractivity contribution < 1.29 is 17.8 Å². The molecule has 1 aliphatic carbocycles. The molecule has 4 nitrogen and oxygen atoms in total. The summed E-state index contributed by atoms with van der Waals surface area (Å²) in [4.78, 5) is 13.4. The van der Waals surface area contributed by atoms with Crippen LogP contribution in [0.15, 0.2) is 26.8 Å². The molecule has 2 N–H and O–H groups in total. The highest BCUT2D eigenvalue weighted by Gasteiger charge is 2.29. The molecule has 1 unspecified atom stereocenters. The minimum Gasteiger partial charge on any atom is -0.272 e. The third-order valence-electron chi connectivity index (χ3n) is 5.00. The van der Waals surface area contributed by atoms with Crippen LogP contribution in [0.4, 0.5) is 8.78 Å². The third-order valence-corrected chi connectivity index (χ3v) is 8.37. The number of thiophene rings is 1. The first-order valence-corrected chi connectivity index (χ1v) is 12.1. The Morgan fingerprint density at radius 3 is 2.38 bits per heavy atom. The normalized spacial score (nSPS) is 16.3. The first-order valence-electron chi connectivity index (χ1n) is 9.68. The number of nitrogens with zero attached hydrogens (tertiary/aromatic N) is 1. The number of carbonyl (C=O) groups is 1. The SMILES string of the molecule is CC(C)c1cc(F)c(S(N)(=O)=NC(=O)Cc2c(C(C)C)cc(F)cc2C2CC2)s1. The molecule has 1 aromatic heterocycles. The highest BCUT2D eigenvalue weighted by Crippen LogP contribution is 2.44. The molecule has 1 aliphatic rings. The van der Waals surface area contributed by atoms with Crippen LogP contribution in [0.5, 0.6) is 0 Å². The van der Waals surface area contributed by atoms with Crippen molar-refractivity contribution in [2.24, 2.45) is 9.50 Å². The van der Waals surface area contributed by atoms with E-state index in [2.05, 4.69) is 4.36 Å². The Morgan fingerprint density at radius 2 is 1.86 bits per heavy atom. The number of benzene rings is 1. The van der Waals surface area contributed by atoms with Gasteiger partial charge < -0.3 is 0 Å². The van der Waals surface area contributed by atoms with Gasteiger partial charge in [0.1, 0.15) is 5.82 Å². The Bertz CT molecular complexity index is 1040. The molecule has 1 aromatic carbocycles. The van der Waals surface area contributed by atoms with E-state index in [0.717, 1.165) is 40.9 Å². The van der Waals surface area contributed by atoms with Gasteiger partial charge in [0.15, 0.2) is 19.9 Å². The summed E-state index contributed by atoms with van der Waals surface area (Å²) in [5, 5.41) is 5.79. The van der Waals surface area contributed by atoms with Gasteiger partial charge in [-0.2, -0.15) is 0 Å². The predicted octanol–water partition coefficient (Wildman–Crippen LogP) is 5.62. The van der Waals surface area contributed by atoms with Crippen molar-refractivity contribution >= 4 is 27.2 Å². The number of halogens is 2. The molecule has 2 aromatic rings. The van der Waals surface area contributed by atoms with Crippen LogP contribution in [0.2, 0.25) is 0 Å². The summed E-state index contributed by atoms with van der Waals surface area (Å²) in [5.74, 6) is -1.43. The smallest absolute Gasteiger partial charge is 0.259 e. The van der Waals surface area contributed by atoms with Crippen molar-refractivity contribution in [3.05, 3.63) is 51.4 Å². The summed E-state index contributed by atoms with van der Waals surface area (Å²) in [6.07, 6.45) is 1.77. The summed E-state index contributed by atoms with van der Waals surface area (Å²) in [6.45, 7) is 7.63. The molecule has 29 heavy (non-hydrogen) atoms. The molecule has 0 bridgehead atoms. The molecule has 8 heteroatoms. The number of hydrogen-bond donors (Lipinski definition) is 1. The van der Waals surface area contributed by atoms with E-state index in [1.807, 2.05) is 27.7 Å². The van der Waals surface area contributed by atoms with Crippen LogP contribution < -0.4 is 5.14 Å². The van der Waals surface area contributed by atoms with Crippen molar-refractivity contribution in [1.29, 1.82) is 0 Å². The Balaban J connectivity index is 1.97. The maximum atomic E-state index is 14.3. The van der Waals surface area contributed by atoms with Gasteiger partial charge in [0.2, 0.25) is 0 Å². The molecule has 0 aliphatic heterocycles. The molecule has 158 valence electrons. The van der Waals surface area contributed by atoms with Crippen molar-refractivity contribution in [2.75, 3.05) is 0 Å². The van der Waals surface area contributed by atoms with Gasteiger partial charge in [0.25, 0.3) is 5.91 Å². The van der Waals surface area contributed by atoms with Gasteiger partial charge in [0.05, 0.1) is 6.42 Å². The van der Waals surface area contributed by atoms with Gasteiger partial charge in [-0.3, -0.25) is 4.79 Å². The summed E-state index contributed by atoms with van der Waals surface area (Å²) < 4.78 is 44.7. The van der Waals surface area contributed by atoms with Crippen molar-refractivity contribution in [2.45, 2.75) is 68.9 Å². The van der Waals surface area contributed by atoms with Crippen LogP contribution in [-0.4, -0.2) is 10.1 Å². The van der Waals surface area contributed by atoms with Crippen molar-refractivity contribution in [3.8, 4) is 0 Å². The Labute approximate surface area is 174 Å². The van der Waals surface area contributed by atoms with Crippen LogP contribution in [0.1, 0.15) is 79.9 Å². The molecule has 1 fully saturated rings. The molecule has 3 rings (SSSR count). The lowest BCUT2D eigenvalue weighted by Crippen LogP contribution is -2.16. The van der Waals surface area contributed by atoms with E-state index in [4.69, 9.17) is 5.14 Å². The second kappa shape index (κ2) is 8.24. The number of hydrogen-bond acceptors (Lipinski definition) is 3. The first-order chi connectivity index (χ1) is 13.5. The van der Waals surface area contributed by atoms with Gasteiger partial charge >= 0.3 is 0 Å². The van der Waals surface area contributed by atoms with Crippen molar-refractivity contribution in [3.63, 3.8) is 0 Å². The van der Waals surface area contributed by atoms with Gasteiger partial charge in [-0.25, -0.2) is 18.1 Å². The van der Waals surface area contributed by atoms with E-state index < -0.39 is 21.6 Å². The lowest BCUT2D eigenvalue weighted by atomic mass is 9.89. The fourth-order valence-corrected chi connectivity index (χ4v) is 5.82. The van der Waals surface area contributed by atoms with E-state index >= 15 is 0 Å². The maximum absolute atomic E-state index is 14.3. The highest BCUT2D eigenvalue weighted by atomic mass is 32.2. The Hall–Kier alpha value is -1.64. The number of rotatable bonds is 6. The Morgan fingerprint density at radius 1 is 1.21 bits per heavy atom. The fourth-order valence-electron chi connectivity index (χ4n) is 3.39. The summed E-state index contributed by atoms with van der Waals surface area (Å²) >= 11 is 0.980. The highest BCUT2D eigenvalue weighted by molar-refractivity contribution is 7.93. The van der Waals surface area contributed by atoms with E-state index in [9.17, 15) is 17.8 Å². The summed E-state index contributed by atoms with van der Waals surface area (Å²) in [6, 6.07) is 4.20. The molecular formula is C21H26F2N2O2S2. The largest absolute Gasteiger partial charge is 0.272 e. The van der Waals surface area contributed by atoms with E-state index in [-0.39, 0.29) is 34.2 Å². The quantitative estimate of drug-likeness (QED) is 0.633. The molecular weight excluding hydrogens is 414 g/mol. The van der Waals surface area contributed by atoms with E-state index in [1.165, 1.54) is 18.2 Å². The van der Waals surface area contributed by atoms with Gasteiger partial charge in [-0.1, -0.05) is 27.7 Å². The van der Waals surface area contributed by atoms with E-state index in [1.54, 1.807) is 0 Å². The molecule has 1 amide bonds. The van der Waals surface area contributed by atoms with Crippen LogP contribution in [0, 0.1) is 11.6 Å². The molecule has 1 atom stereocenters. The maximum Gasteiger partial charge on any atom is 0.259 e. The Kier molecular flexibility index (Phi) is 6.27. The standard InChI is InChI=1S/C21H26F2N2O2S2/c1-11(2)15-7-14(22)8-16(13-5-6-13)17(15)9-20(26)25-29(24,27)21-18(23)10-19(28-21)12(3)4/h7-8,10-13H,5-6,9H2,1-4H3,(H2,24,25,26,27). The lowest BCUT2D eigenvalue weighted by molar-refractivity contribution is -0.117. The molecule has 0 spiro atoms. The number of carbonyl (C=O) groups excluding carboxylic acids is 1. The predicted molar refractivity (Wildman–Crippen MR) is 113 cm³/mol. The zero-order chi connectivity index (χ0) is 21.5. The molecule has 0 saturated heterocycles. The minimum atomic E-state index is -3.69.